The number of fused-ring (bicyclic) bond motifs is 2. The van der Waals surface area contributed by atoms with E-state index in [1.54, 1.807) is 22.2 Å². The number of rotatable bonds is 4. The number of amides is 2. The number of halogens is 2. The zero-order chi connectivity index (χ0) is 25.0. The lowest BCUT2D eigenvalue weighted by Crippen LogP contribution is -2.39. The first-order valence-electron chi connectivity index (χ1n) is 11.6. The van der Waals surface area contributed by atoms with Crippen LogP contribution in [0.5, 0.6) is 5.75 Å². The van der Waals surface area contributed by atoms with Gasteiger partial charge in [-0.2, -0.15) is 5.10 Å². The Morgan fingerprint density at radius 3 is 2.75 bits per heavy atom. The van der Waals surface area contributed by atoms with Crippen LogP contribution in [-0.4, -0.2) is 65.3 Å². The van der Waals surface area contributed by atoms with E-state index in [9.17, 15) is 9.90 Å². The third-order valence-corrected chi connectivity index (χ3v) is 7.23. The van der Waals surface area contributed by atoms with E-state index >= 15 is 0 Å². The predicted octanol–water partition coefficient (Wildman–Crippen LogP) is 4.30. The topological polar surface area (TPSA) is 123 Å². The maximum absolute atomic E-state index is 12.8. The molecular formula is C24H23Cl2N7O3. The fraction of sp³-hybridized carbons (Fsp3) is 0.333. The van der Waals surface area contributed by atoms with Crippen LogP contribution in [0.2, 0.25) is 10.0 Å². The summed E-state index contributed by atoms with van der Waals surface area (Å²) in [6.45, 7) is 3.68. The number of likely N-dealkylation sites (tertiary alicyclic amines) is 1. The van der Waals surface area contributed by atoms with Gasteiger partial charge in [0.15, 0.2) is 5.82 Å². The second kappa shape index (κ2) is 8.95. The van der Waals surface area contributed by atoms with E-state index in [-0.39, 0.29) is 6.03 Å². The molecule has 0 bridgehead atoms. The highest BCUT2D eigenvalue weighted by Crippen LogP contribution is 2.35. The summed E-state index contributed by atoms with van der Waals surface area (Å²) in [4.78, 5) is 28.3. The van der Waals surface area contributed by atoms with Crippen LogP contribution in [0.25, 0.3) is 22.4 Å². The second-order valence-corrected chi connectivity index (χ2v) is 9.91. The summed E-state index contributed by atoms with van der Waals surface area (Å²) in [5.74, 6) is 1.26. The molecule has 10 nitrogen and oxygen atoms in total. The Morgan fingerprint density at radius 2 is 2.03 bits per heavy atom. The molecule has 2 amide bonds. The van der Waals surface area contributed by atoms with E-state index in [0.29, 0.717) is 65.5 Å². The van der Waals surface area contributed by atoms with E-state index in [2.05, 4.69) is 20.2 Å². The average Bonchev–Trinajstić information content (AvgIpc) is 3.61. The number of ether oxygens (including phenoxy) is 1. The smallest absolute Gasteiger partial charge is 0.320 e. The normalized spacial score (nSPS) is 18.2. The molecule has 36 heavy (non-hydrogen) atoms. The van der Waals surface area contributed by atoms with Gasteiger partial charge >= 0.3 is 6.03 Å². The van der Waals surface area contributed by atoms with Gasteiger partial charge in [-0.1, -0.05) is 23.2 Å². The molecule has 2 aliphatic heterocycles. The summed E-state index contributed by atoms with van der Waals surface area (Å²) in [7, 11) is 0. The SMILES string of the molecule is CC(Oc1ccc2[nH]nc(-c3nc4c([nH]3)CN(C(=O)N3CC[C@H](O)C3)C4)c2c1)c1c(Cl)cncc1Cl. The molecule has 4 aromatic rings. The molecule has 2 atom stereocenters. The summed E-state index contributed by atoms with van der Waals surface area (Å²) in [5, 5.41) is 19.0. The number of H-pyrrole nitrogens is 2. The Balaban J connectivity index is 1.22. The van der Waals surface area contributed by atoms with Gasteiger partial charge in [0.2, 0.25) is 0 Å². The van der Waals surface area contributed by atoms with Gasteiger partial charge in [0.05, 0.1) is 46.1 Å². The van der Waals surface area contributed by atoms with Crippen molar-refractivity contribution in [1.29, 1.82) is 0 Å². The first-order valence-corrected chi connectivity index (χ1v) is 12.4. The molecule has 0 radical (unpaired) electrons. The molecule has 1 saturated heterocycles. The Labute approximate surface area is 216 Å². The standard InChI is InChI=1S/C24H23Cl2N7O3/c1-12(21-16(25)7-27-8-17(21)26)36-14-2-3-18-15(6-14)22(31-30-18)23-28-19-10-33(11-20(19)29-23)24(35)32-5-4-13(34)9-32/h2-3,6-8,12-13,34H,4-5,9-11H2,1H3,(H,28,29)(H,30,31)/t12?,13-/m0/s1. The van der Waals surface area contributed by atoms with Crippen molar-refractivity contribution < 1.29 is 14.6 Å². The number of carbonyl (C=O) groups is 1. The van der Waals surface area contributed by atoms with E-state index in [1.807, 2.05) is 25.1 Å². The van der Waals surface area contributed by atoms with E-state index in [0.717, 1.165) is 22.3 Å². The summed E-state index contributed by atoms with van der Waals surface area (Å²) >= 11 is 12.6. The molecule has 3 aromatic heterocycles. The van der Waals surface area contributed by atoms with Gasteiger partial charge in [-0.3, -0.25) is 10.1 Å². The van der Waals surface area contributed by atoms with Crippen molar-refractivity contribution in [2.75, 3.05) is 13.1 Å². The Kier molecular flexibility index (Phi) is 5.74. The Bertz CT molecular complexity index is 1430. The molecule has 186 valence electrons. The number of nitrogens with zero attached hydrogens (tertiary/aromatic N) is 5. The minimum absolute atomic E-state index is 0.0740. The second-order valence-electron chi connectivity index (χ2n) is 9.09. The lowest BCUT2D eigenvalue weighted by molar-refractivity contribution is 0.145. The molecule has 1 unspecified atom stereocenters. The fourth-order valence-electron chi connectivity index (χ4n) is 4.82. The van der Waals surface area contributed by atoms with E-state index in [4.69, 9.17) is 32.9 Å². The molecule has 0 saturated carbocycles. The van der Waals surface area contributed by atoms with Gasteiger partial charge in [0.1, 0.15) is 17.5 Å². The number of β-amino-alcohol motifs (C(OH)–C–C–N with tert-alkyl or cyclic N) is 1. The van der Waals surface area contributed by atoms with Crippen molar-refractivity contribution >= 4 is 40.1 Å². The molecule has 12 heteroatoms. The van der Waals surface area contributed by atoms with Crippen LogP contribution in [0.3, 0.4) is 0 Å². The quantitative estimate of drug-likeness (QED) is 0.363. The molecule has 1 fully saturated rings. The molecule has 5 heterocycles. The van der Waals surface area contributed by atoms with Crippen LogP contribution in [0.4, 0.5) is 4.79 Å². The van der Waals surface area contributed by atoms with Crippen molar-refractivity contribution in [2.24, 2.45) is 0 Å². The molecule has 1 aromatic carbocycles. The lowest BCUT2D eigenvalue weighted by Gasteiger charge is -2.23. The third-order valence-electron chi connectivity index (χ3n) is 6.63. The van der Waals surface area contributed by atoms with Crippen molar-refractivity contribution in [2.45, 2.75) is 38.6 Å². The number of benzene rings is 1. The number of aromatic nitrogens is 5. The highest BCUT2D eigenvalue weighted by molar-refractivity contribution is 6.35. The summed E-state index contributed by atoms with van der Waals surface area (Å²) < 4.78 is 6.15. The highest BCUT2D eigenvalue weighted by atomic mass is 35.5. The molecular weight excluding hydrogens is 505 g/mol. The van der Waals surface area contributed by atoms with Crippen molar-refractivity contribution in [3.05, 3.63) is 57.6 Å². The average molecular weight is 528 g/mol. The molecule has 0 aliphatic carbocycles. The number of imidazole rings is 1. The van der Waals surface area contributed by atoms with Crippen molar-refractivity contribution in [3.8, 4) is 17.3 Å². The van der Waals surface area contributed by atoms with Crippen molar-refractivity contribution in [1.82, 2.24) is 34.9 Å². The van der Waals surface area contributed by atoms with Crippen LogP contribution in [0.15, 0.2) is 30.6 Å². The van der Waals surface area contributed by atoms with Crippen LogP contribution >= 0.6 is 23.2 Å². The third kappa shape index (κ3) is 4.04. The minimum atomic E-state index is -0.442. The minimum Gasteiger partial charge on any atom is -0.486 e. The van der Waals surface area contributed by atoms with Crippen LogP contribution in [-0.2, 0) is 13.1 Å². The zero-order valence-electron chi connectivity index (χ0n) is 19.3. The predicted molar refractivity (Wildman–Crippen MR) is 134 cm³/mol. The number of hydrogen-bond donors (Lipinski definition) is 3. The number of aliphatic hydroxyl groups excluding tert-OH is 1. The first kappa shape index (κ1) is 23.1. The number of hydrogen-bond acceptors (Lipinski definition) is 6. The summed E-state index contributed by atoms with van der Waals surface area (Å²) in [6, 6.07) is 5.57. The van der Waals surface area contributed by atoms with Gasteiger partial charge in [-0.15, -0.1) is 0 Å². The Hall–Kier alpha value is -3.34. The number of pyridine rings is 1. The van der Waals surface area contributed by atoms with E-state index in [1.165, 1.54) is 0 Å². The van der Waals surface area contributed by atoms with Crippen LogP contribution < -0.4 is 4.74 Å². The highest BCUT2D eigenvalue weighted by Gasteiger charge is 2.33. The fourth-order valence-corrected chi connectivity index (χ4v) is 5.49. The number of carbonyl (C=O) groups excluding carboxylic acids is 1. The number of urea groups is 1. The molecule has 3 N–H and O–H groups in total. The number of aliphatic hydroxyl groups is 1. The monoisotopic (exact) mass is 527 g/mol. The van der Waals surface area contributed by atoms with Gasteiger partial charge in [-0.05, 0) is 31.5 Å². The maximum Gasteiger partial charge on any atom is 0.320 e. The largest absolute Gasteiger partial charge is 0.486 e. The van der Waals surface area contributed by atoms with Gasteiger partial charge < -0.3 is 24.6 Å². The van der Waals surface area contributed by atoms with Gasteiger partial charge in [-0.25, -0.2) is 9.78 Å². The first-order chi connectivity index (χ1) is 17.4. The van der Waals surface area contributed by atoms with Gasteiger partial charge in [0, 0.05) is 36.4 Å². The molecule has 2 aliphatic rings. The van der Waals surface area contributed by atoms with Crippen LogP contribution in [0, 0.1) is 0 Å². The number of nitrogens with one attached hydrogen (secondary N) is 2. The maximum atomic E-state index is 12.8. The van der Waals surface area contributed by atoms with E-state index < -0.39 is 12.2 Å². The zero-order valence-corrected chi connectivity index (χ0v) is 20.8. The lowest BCUT2D eigenvalue weighted by atomic mass is 10.1. The Morgan fingerprint density at radius 1 is 1.22 bits per heavy atom. The number of aromatic amines is 2. The van der Waals surface area contributed by atoms with Gasteiger partial charge in [0.25, 0.3) is 0 Å². The summed E-state index contributed by atoms with van der Waals surface area (Å²) in [6.07, 6.45) is 2.86. The molecule has 0 spiro atoms. The summed E-state index contributed by atoms with van der Waals surface area (Å²) in [5.41, 5.74) is 3.88. The molecule has 6 rings (SSSR count). The van der Waals surface area contributed by atoms with Crippen molar-refractivity contribution in [3.63, 3.8) is 0 Å². The van der Waals surface area contributed by atoms with Crippen LogP contribution in [0.1, 0.15) is 36.4 Å².